The van der Waals surface area contributed by atoms with E-state index >= 15 is 0 Å². The molecule has 0 fully saturated rings. The summed E-state index contributed by atoms with van der Waals surface area (Å²) in [7, 11) is 0. The largest absolute Gasteiger partial charge is 0.480 e. The molecule has 3 nitrogen and oxygen atoms in total. The highest BCUT2D eigenvalue weighted by molar-refractivity contribution is 5.69. The Hall–Kier alpha value is -0.570. The fraction of sp³-hybridized carbons (Fsp3) is 0.909. The molecular weight excluding hydrogens is 178 g/mol. The SMILES string of the molecule is CCC(C)N(CCC(C)C)CC(=O)O. The molecule has 0 aliphatic heterocycles. The van der Waals surface area contributed by atoms with Crippen LogP contribution in [-0.4, -0.2) is 35.1 Å². The molecule has 0 aromatic rings. The van der Waals surface area contributed by atoms with Crippen molar-refractivity contribution in [2.24, 2.45) is 5.92 Å². The highest BCUT2D eigenvalue weighted by Gasteiger charge is 2.15. The maximum absolute atomic E-state index is 10.6. The molecule has 1 N–H and O–H groups in total. The Morgan fingerprint density at radius 2 is 1.93 bits per heavy atom. The molecule has 0 rings (SSSR count). The Kier molecular flexibility index (Phi) is 6.54. The van der Waals surface area contributed by atoms with Crippen molar-refractivity contribution in [3.63, 3.8) is 0 Å². The summed E-state index contributed by atoms with van der Waals surface area (Å²) < 4.78 is 0. The van der Waals surface area contributed by atoms with Crippen molar-refractivity contribution >= 4 is 5.97 Å². The van der Waals surface area contributed by atoms with Crippen LogP contribution in [0.25, 0.3) is 0 Å². The van der Waals surface area contributed by atoms with Gasteiger partial charge in [-0.25, -0.2) is 0 Å². The third kappa shape index (κ3) is 5.97. The Morgan fingerprint density at radius 1 is 1.36 bits per heavy atom. The molecule has 0 aromatic heterocycles. The number of nitrogens with zero attached hydrogens (tertiary/aromatic N) is 1. The van der Waals surface area contributed by atoms with E-state index in [0.717, 1.165) is 19.4 Å². The highest BCUT2D eigenvalue weighted by Crippen LogP contribution is 2.07. The van der Waals surface area contributed by atoms with Crippen LogP contribution in [0.3, 0.4) is 0 Å². The van der Waals surface area contributed by atoms with Gasteiger partial charge in [0.15, 0.2) is 0 Å². The van der Waals surface area contributed by atoms with Crippen LogP contribution < -0.4 is 0 Å². The first-order valence-electron chi connectivity index (χ1n) is 5.43. The van der Waals surface area contributed by atoms with Gasteiger partial charge in [-0.1, -0.05) is 20.8 Å². The molecule has 1 atom stereocenters. The lowest BCUT2D eigenvalue weighted by Crippen LogP contribution is -2.38. The minimum absolute atomic E-state index is 0.168. The van der Waals surface area contributed by atoms with E-state index in [2.05, 4.69) is 27.7 Å². The second-order valence-electron chi connectivity index (χ2n) is 4.30. The molecule has 0 aliphatic carbocycles. The molecule has 0 amide bonds. The third-order valence-electron chi connectivity index (χ3n) is 2.55. The summed E-state index contributed by atoms with van der Waals surface area (Å²) in [6.07, 6.45) is 2.07. The van der Waals surface area contributed by atoms with Gasteiger partial charge in [-0.2, -0.15) is 0 Å². The molecule has 84 valence electrons. The van der Waals surface area contributed by atoms with Gasteiger partial charge in [0.05, 0.1) is 6.54 Å². The summed E-state index contributed by atoms with van der Waals surface area (Å²) in [5.41, 5.74) is 0. The van der Waals surface area contributed by atoms with E-state index < -0.39 is 5.97 Å². The van der Waals surface area contributed by atoms with Crippen molar-refractivity contribution in [1.82, 2.24) is 4.90 Å². The van der Waals surface area contributed by atoms with Gasteiger partial charge >= 0.3 is 5.97 Å². The van der Waals surface area contributed by atoms with Gasteiger partial charge in [0, 0.05) is 6.04 Å². The number of hydrogen-bond acceptors (Lipinski definition) is 2. The fourth-order valence-electron chi connectivity index (χ4n) is 1.31. The molecule has 0 heterocycles. The quantitative estimate of drug-likeness (QED) is 0.686. The predicted octanol–water partition coefficient (Wildman–Crippen LogP) is 2.22. The Balaban J connectivity index is 4.03. The van der Waals surface area contributed by atoms with Crippen molar-refractivity contribution in [1.29, 1.82) is 0 Å². The fourth-order valence-corrected chi connectivity index (χ4v) is 1.31. The molecule has 0 aliphatic rings. The number of carboxylic acid groups (broad SMARTS) is 1. The van der Waals surface area contributed by atoms with Crippen LogP contribution >= 0.6 is 0 Å². The maximum atomic E-state index is 10.6. The first-order chi connectivity index (χ1) is 6.47. The zero-order valence-corrected chi connectivity index (χ0v) is 9.79. The second-order valence-corrected chi connectivity index (χ2v) is 4.30. The smallest absolute Gasteiger partial charge is 0.317 e. The standard InChI is InChI=1S/C11H23NO2/c1-5-10(4)12(8-11(13)14)7-6-9(2)3/h9-10H,5-8H2,1-4H3,(H,13,14). The Labute approximate surface area is 87.1 Å². The van der Waals surface area contributed by atoms with Crippen LogP contribution in [0.1, 0.15) is 40.5 Å². The minimum Gasteiger partial charge on any atom is -0.480 e. The maximum Gasteiger partial charge on any atom is 0.317 e. The van der Waals surface area contributed by atoms with Crippen LogP contribution in [-0.2, 0) is 4.79 Å². The molecule has 0 saturated heterocycles. The zero-order valence-electron chi connectivity index (χ0n) is 9.79. The van der Waals surface area contributed by atoms with Gasteiger partial charge in [-0.15, -0.1) is 0 Å². The Bertz CT molecular complexity index is 169. The highest BCUT2D eigenvalue weighted by atomic mass is 16.4. The summed E-state index contributed by atoms with van der Waals surface area (Å²) in [6.45, 7) is 9.56. The lowest BCUT2D eigenvalue weighted by Gasteiger charge is -2.27. The van der Waals surface area contributed by atoms with Gasteiger partial charge in [0.2, 0.25) is 0 Å². The van der Waals surface area contributed by atoms with E-state index in [1.54, 1.807) is 0 Å². The van der Waals surface area contributed by atoms with E-state index in [1.165, 1.54) is 0 Å². The van der Waals surface area contributed by atoms with Crippen molar-refractivity contribution < 1.29 is 9.90 Å². The van der Waals surface area contributed by atoms with E-state index in [0.29, 0.717) is 12.0 Å². The van der Waals surface area contributed by atoms with Gasteiger partial charge in [-0.3, -0.25) is 9.69 Å². The molecule has 0 aromatic carbocycles. The lowest BCUT2D eigenvalue weighted by molar-refractivity contribution is -0.138. The molecule has 0 bridgehead atoms. The van der Waals surface area contributed by atoms with Crippen LogP contribution in [0, 0.1) is 5.92 Å². The average Bonchev–Trinajstić information content (AvgIpc) is 2.10. The van der Waals surface area contributed by atoms with Crippen molar-refractivity contribution in [3.8, 4) is 0 Å². The molecular formula is C11H23NO2. The zero-order chi connectivity index (χ0) is 11.1. The number of aliphatic carboxylic acids is 1. The molecule has 14 heavy (non-hydrogen) atoms. The van der Waals surface area contributed by atoms with Crippen molar-refractivity contribution in [2.45, 2.75) is 46.6 Å². The van der Waals surface area contributed by atoms with Crippen molar-refractivity contribution in [3.05, 3.63) is 0 Å². The normalized spacial score (nSPS) is 13.6. The molecule has 0 radical (unpaired) electrons. The topological polar surface area (TPSA) is 40.5 Å². The minimum atomic E-state index is -0.728. The van der Waals surface area contributed by atoms with Crippen LogP contribution in [0.15, 0.2) is 0 Å². The molecule has 0 spiro atoms. The first kappa shape index (κ1) is 13.4. The summed E-state index contributed by atoms with van der Waals surface area (Å²) in [5, 5.41) is 8.75. The number of carboxylic acids is 1. The monoisotopic (exact) mass is 201 g/mol. The number of hydrogen-bond donors (Lipinski definition) is 1. The van der Waals surface area contributed by atoms with Crippen LogP contribution in [0.4, 0.5) is 0 Å². The number of carbonyl (C=O) groups is 1. The lowest BCUT2D eigenvalue weighted by atomic mass is 10.1. The van der Waals surface area contributed by atoms with Crippen LogP contribution in [0.2, 0.25) is 0 Å². The molecule has 0 saturated carbocycles. The van der Waals surface area contributed by atoms with Crippen molar-refractivity contribution in [2.75, 3.05) is 13.1 Å². The average molecular weight is 201 g/mol. The van der Waals surface area contributed by atoms with Gasteiger partial charge in [0.25, 0.3) is 0 Å². The van der Waals surface area contributed by atoms with E-state index in [1.807, 2.05) is 4.90 Å². The predicted molar refractivity (Wildman–Crippen MR) is 58.4 cm³/mol. The summed E-state index contributed by atoms with van der Waals surface area (Å²) in [5.74, 6) is -0.0931. The summed E-state index contributed by atoms with van der Waals surface area (Å²) in [6, 6.07) is 0.366. The second kappa shape index (κ2) is 6.82. The third-order valence-corrected chi connectivity index (χ3v) is 2.55. The van der Waals surface area contributed by atoms with E-state index in [-0.39, 0.29) is 6.54 Å². The first-order valence-corrected chi connectivity index (χ1v) is 5.43. The summed E-state index contributed by atoms with van der Waals surface area (Å²) in [4.78, 5) is 12.7. The molecule has 3 heteroatoms. The van der Waals surface area contributed by atoms with Gasteiger partial charge < -0.3 is 5.11 Å². The van der Waals surface area contributed by atoms with E-state index in [9.17, 15) is 4.79 Å². The summed E-state index contributed by atoms with van der Waals surface area (Å²) >= 11 is 0. The number of rotatable bonds is 7. The van der Waals surface area contributed by atoms with Crippen LogP contribution in [0.5, 0.6) is 0 Å². The Morgan fingerprint density at radius 3 is 2.29 bits per heavy atom. The molecule has 1 unspecified atom stereocenters. The van der Waals surface area contributed by atoms with Gasteiger partial charge in [0.1, 0.15) is 0 Å². The van der Waals surface area contributed by atoms with E-state index in [4.69, 9.17) is 5.11 Å². The van der Waals surface area contributed by atoms with Gasteiger partial charge in [-0.05, 0) is 32.2 Å².